The second-order valence-corrected chi connectivity index (χ2v) is 12.0. The van der Waals surface area contributed by atoms with Crippen molar-refractivity contribution in [1.82, 2.24) is 10.2 Å². The summed E-state index contributed by atoms with van der Waals surface area (Å²) in [5, 5.41) is 5.98. The molecule has 7 nitrogen and oxygen atoms in total. The Kier molecular flexibility index (Phi) is 14.3. The van der Waals surface area contributed by atoms with Gasteiger partial charge in [-0.1, -0.05) is 80.8 Å². The van der Waals surface area contributed by atoms with Crippen LogP contribution in [0.2, 0.25) is 5.02 Å². The van der Waals surface area contributed by atoms with E-state index in [4.69, 9.17) is 22.8 Å². The number of amides is 3. The van der Waals surface area contributed by atoms with Crippen LogP contribution in [0.3, 0.4) is 0 Å². The number of halogens is 1. The number of unbranched alkanes of at least 4 members (excludes halogenated alkanes) is 5. The number of terminal acetylenes is 1. The second-order valence-electron chi connectivity index (χ2n) is 11.3. The molecule has 0 aromatic heterocycles. The van der Waals surface area contributed by atoms with Crippen molar-refractivity contribution in [3.8, 4) is 12.3 Å². The van der Waals surface area contributed by atoms with Crippen molar-refractivity contribution in [2.24, 2.45) is 0 Å². The van der Waals surface area contributed by atoms with Gasteiger partial charge in [0.25, 0.3) is 5.91 Å². The number of nitrogens with one attached hydrogen (secondary N) is 2. The van der Waals surface area contributed by atoms with Crippen LogP contribution >= 0.6 is 24.2 Å². The monoisotopic (exact) mass is 613 g/mol. The number of benzene rings is 2. The van der Waals surface area contributed by atoms with E-state index in [1.54, 1.807) is 57.2 Å². The normalized spacial score (nSPS) is 12.5. The molecule has 42 heavy (non-hydrogen) atoms. The molecule has 0 bridgehead atoms. The van der Waals surface area contributed by atoms with Gasteiger partial charge in [0.05, 0.1) is 10.7 Å². The molecule has 0 aliphatic carbocycles. The molecule has 0 fully saturated rings. The van der Waals surface area contributed by atoms with Gasteiger partial charge in [0, 0.05) is 17.9 Å². The number of nitrogens with zero attached hydrogens (tertiary/aromatic N) is 1. The van der Waals surface area contributed by atoms with Gasteiger partial charge >= 0.3 is 6.09 Å². The van der Waals surface area contributed by atoms with Gasteiger partial charge in [0.15, 0.2) is 0 Å². The number of hydrogen-bond donors (Lipinski definition) is 3. The molecule has 0 heterocycles. The summed E-state index contributed by atoms with van der Waals surface area (Å²) in [6.45, 7) is 9.52. The molecule has 0 radical (unpaired) electrons. The highest BCUT2D eigenvalue weighted by Crippen LogP contribution is 2.30. The molecule has 2 atom stereocenters. The fourth-order valence-corrected chi connectivity index (χ4v) is 5.00. The Morgan fingerprint density at radius 1 is 1.05 bits per heavy atom. The zero-order valence-electron chi connectivity index (χ0n) is 25.3. The van der Waals surface area contributed by atoms with E-state index in [1.165, 1.54) is 4.90 Å². The Labute approximate surface area is 261 Å². The van der Waals surface area contributed by atoms with Crippen molar-refractivity contribution in [2.45, 2.75) is 90.8 Å². The highest BCUT2D eigenvalue weighted by molar-refractivity contribution is 7.80. The van der Waals surface area contributed by atoms with Crippen LogP contribution in [0.4, 0.5) is 10.5 Å². The molecule has 0 aliphatic heterocycles. The summed E-state index contributed by atoms with van der Waals surface area (Å²) in [6, 6.07) is 10.3. The third kappa shape index (κ3) is 10.9. The maximum atomic E-state index is 14.1. The van der Waals surface area contributed by atoms with Crippen LogP contribution in [0.1, 0.15) is 89.0 Å². The second kappa shape index (κ2) is 17.1. The van der Waals surface area contributed by atoms with Crippen molar-refractivity contribution in [3.63, 3.8) is 0 Å². The molecule has 0 saturated carbocycles. The highest BCUT2D eigenvalue weighted by Gasteiger charge is 2.36. The van der Waals surface area contributed by atoms with Crippen molar-refractivity contribution >= 4 is 47.8 Å². The summed E-state index contributed by atoms with van der Waals surface area (Å²) in [5.74, 6) is 1.72. The molecule has 2 aromatic rings. The lowest BCUT2D eigenvalue weighted by molar-refractivity contribution is -0.140. The first-order valence-corrected chi connectivity index (χ1v) is 15.5. The van der Waals surface area contributed by atoms with Crippen LogP contribution in [-0.2, 0) is 14.3 Å². The first kappa shape index (κ1) is 35.0. The molecule has 9 heteroatoms. The Hall–Kier alpha value is -3.15. The van der Waals surface area contributed by atoms with Gasteiger partial charge in [-0.25, -0.2) is 4.79 Å². The minimum Gasteiger partial charge on any atom is -0.444 e. The molecular weight excluding hydrogens is 570 g/mol. The summed E-state index contributed by atoms with van der Waals surface area (Å²) >= 11 is 10.8. The Morgan fingerprint density at radius 3 is 2.26 bits per heavy atom. The average molecular weight is 614 g/mol. The first-order chi connectivity index (χ1) is 19.9. The van der Waals surface area contributed by atoms with E-state index >= 15 is 0 Å². The lowest BCUT2D eigenvalue weighted by atomic mass is 10.00. The van der Waals surface area contributed by atoms with Crippen molar-refractivity contribution < 1.29 is 19.1 Å². The van der Waals surface area contributed by atoms with Crippen molar-refractivity contribution in [2.75, 3.05) is 17.6 Å². The maximum absolute atomic E-state index is 14.1. The molecule has 2 N–H and O–H groups in total. The molecule has 0 aliphatic rings. The maximum Gasteiger partial charge on any atom is 0.408 e. The average Bonchev–Trinajstić information content (AvgIpc) is 2.93. The molecule has 2 rings (SSSR count). The van der Waals surface area contributed by atoms with Crippen LogP contribution in [0.15, 0.2) is 42.5 Å². The SMILES string of the molecule is C#Cc1ccc(C(C(=O)Nc2c(C)cccc2Cl)N(CCCCCCCC)C(=O)C(CS)NC(=O)OC(C)(C)C)cc1. The van der Waals surface area contributed by atoms with Gasteiger partial charge < -0.3 is 20.3 Å². The zero-order valence-corrected chi connectivity index (χ0v) is 27.0. The molecule has 3 amide bonds. The lowest BCUT2D eigenvalue weighted by Gasteiger charge is -2.34. The quantitative estimate of drug-likeness (QED) is 0.118. The number of anilines is 1. The van der Waals surface area contributed by atoms with Crippen LogP contribution < -0.4 is 10.6 Å². The summed E-state index contributed by atoms with van der Waals surface area (Å²) in [6.07, 6.45) is 10.8. The summed E-state index contributed by atoms with van der Waals surface area (Å²) < 4.78 is 5.39. The summed E-state index contributed by atoms with van der Waals surface area (Å²) in [7, 11) is 0. The van der Waals surface area contributed by atoms with Gasteiger partial charge in [-0.3, -0.25) is 9.59 Å². The van der Waals surface area contributed by atoms with Crippen LogP contribution in [0, 0.1) is 19.3 Å². The number of carbonyl (C=O) groups is 3. The minimum absolute atomic E-state index is 0.0130. The minimum atomic E-state index is -1.03. The Bertz CT molecular complexity index is 1220. The zero-order chi connectivity index (χ0) is 31.3. The van der Waals surface area contributed by atoms with Gasteiger partial charge in [-0.15, -0.1) is 6.42 Å². The largest absolute Gasteiger partial charge is 0.444 e. The summed E-state index contributed by atoms with van der Waals surface area (Å²) in [4.78, 5) is 42.4. The van der Waals surface area contributed by atoms with Crippen molar-refractivity contribution in [3.05, 3.63) is 64.2 Å². The number of thiol groups is 1. The van der Waals surface area contributed by atoms with Gasteiger partial charge in [0.2, 0.25) is 5.91 Å². The molecule has 228 valence electrons. The molecular formula is C33H44ClN3O4S. The van der Waals surface area contributed by atoms with E-state index in [9.17, 15) is 14.4 Å². The first-order valence-electron chi connectivity index (χ1n) is 14.4. The Morgan fingerprint density at radius 2 is 1.69 bits per heavy atom. The third-order valence-corrected chi connectivity index (χ3v) is 7.31. The standard InChI is InChI=1S/C33H44ClN3O4S/c1-7-9-10-11-12-13-21-37(31(39)27(22-42)35-32(40)41-33(4,5)6)29(25-19-17-24(8-2)18-20-25)30(38)36-28-23(3)15-14-16-26(28)34/h2,14-20,27,29,42H,7,9-13,21-22H2,1,3-6H3,(H,35,40)(H,36,38). The number of para-hydroxylation sites is 1. The van der Waals surface area contributed by atoms with E-state index in [1.807, 2.05) is 13.0 Å². The number of aryl methyl sites for hydroxylation is 1. The number of rotatable bonds is 14. The number of alkyl carbamates (subject to hydrolysis) is 1. The van der Waals surface area contributed by atoms with E-state index < -0.39 is 35.6 Å². The fourth-order valence-electron chi connectivity index (χ4n) is 4.48. The predicted octanol–water partition coefficient (Wildman–Crippen LogP) is 7.32. The van der Waals surface area contributed by atoms with E-state index in [-0.39, 0.29) is 5.75 Å². The predicted molar refractivity (Wildman–Crippen MR) is 174 cm³/mol. The third-order valence-electron chi connectivity index (χ3n) is 6.63. The van der Waals surface area contributed by atoms with Gasteiger partial charge in [-0.05, 0) is 63.4 Å². The van der Waals surface area contributed by atoms with Crippen molar-refractivity contribution in [1.29, 1.82) is 0 Å². The van der Waals surface area contributed by atoms with Crippen LogP contribution in [0.25, 0.3) is 0 Å². The van der Waals surface area contributed by atoms with E-state index in [0.29, 0.717) is 34.8 Å². The molecule has 0 spiro atoms. The topological polar surface area (TPSA) is 87.7 Å². The number of ether oxygens (including phenoxy) is 1. The number of carbonyl (C=O) groups excluding carboxylic acids is 3. The fraction of sp³-hybridized carbons (Fsp3) is 0.485. The molecule has 0 saturated heterocycles. The highest BCUT2D eigenvalue weighted by atomic mass is 35.5. The van der Waals surface area contributed by atoms with E-state index in [2.05, 4.69) is 36.1 Å². The smallest absolute Gasteiger partial charge is 0.408 e. The van der Waals surface area contributed by atoms with Crippen LogP contribution in [0.5, 0.6) is 0 Å². The molecule has 2 unspecified atom stereocenters. The molecule has 2 aromatic carbocycles. The number of hydrogen-bond acceptors (Lipinski definition) is 5. The van der Waals surface area contributed by atoms with Crippen LogP contribution in [-0.4, -0.2) is 46.7 Å². The van der Waals surface area contributed by atoms with Gasteiger partial charge in [0.1, 0.15) is 17.7 Å². The summed E-state index contributed by atoms with van der Waals surface area (Å²) in [5.41, 5.74) is 1.73. The van der Waals surface area contributed by atoms with Gasteiger partial charge in [-0.2, -0.15) is 12.6 Å². The Balaban J connectivity index is 2.51. The van der Waals surface area contributed by atoms with E-state index in [0.717, 1.165) is 37.7 Å². The lowest BCUT2D eigenvalue weighted by Crippen LogP contribution is -2.53.